The van der Waals surface area contributed by atoms with Crippen molar-refractivity contribution in [2.24, 2.45) is 0 Å². The van der Waals surface area contributed by atoms with Gasteiger partial charge in [-0.3, -0.25) is 13.9 Å². The third-order valence-corrected chi connectivity index (χ3v) is 7.85. The molecule has 0 aliphatic rings. The number of hydrogen-bond acceptors (Lipinski definition) is 5. The maximum Gasteiger partial charge on any atom is 0.264 e. The van der Waals surface area contributed by atoms with Crippen LogP contribution in [-0.4, -0.2) is 26.8 Å². The van der Waals surface area contributed by atoms with E-state index in [0.717, 1.165) is 11.1 Å². The molecule has 0 spiro atoms. The van der Waals surface area contributed by atoms with Gasteiger partial charge in [-0.2, -0.15) is 0 Å². The molecule has 0 aliphatic carbocycles. The third-order valence-electron chi connectivity index (χ3n) is 5.81. The van der Waals surface area contributed by atoms with Crippen LogP contribution in [0.1, 0.15) is 18.1 Å². The van der Waals surface area contributed by atoms with Crippen molar-refractivity contribution < 1.29 is 22.7 Å². The van der Waals surface area contributed by atoms with Crippen molar-refractivity contribution in [2.45, 2.75) is 25.3 Å². The van der Waals surface area contributed by atoms with Crippen LogP contribution < -0.4 is 19.7 Å². The number of rotatable bonds is 10. The number of hydrogen-bond donors (Lipinski definition) is 2. The van der Waals surface area contributed by atoms with E-state index in [2.05, 4.69) is 10.6 Å². The van der Waals surface area contributed by atoms with Gasteiger partial charge in [0.25, 0.3) is 15.9 Å². The summed E-state index contributed by atoms with van der Waals surface area (Å²) in [4.78, 5) is 23.8. The van der Waals surface area contributed by atoms with E-state index in [9.17, 15) is 18.0 Å². The number of benzene rings is 4. The molecular weight excluding hydrogens is 550 g/mol. The van der Waals surface area contributed by atoms with Gasteiger partial charge in [-0.15, -0.1) is 0 Å². The minimum atomic E-state index is -3.89. The summed E-state index contributed by atoms with van der Waals surface area (Å²) in [6, 6.07) is 26.9. The number of sulfonamides is 1. The Balaban J connectivity index is 1.48. The summed E-state index contributed by atoms with van der Waals surface area (Å²) >= 11 is 6.02. The number of ether oxygens (including phenoxy) is 1. The van der Waals surface area contributed by atoms with E-state index < -0.39 is 15.9 Å². The largest absolute Gasteiger partial charge is 0.484 e. The van der Waals surface area contributed by atoms with E-state index >= 15 is 0 Å². The molecule has 8 nitrogen and oxygen atoms in total. The summed E-state index contributed by atoms with van der Waals surface area (Å²) in [5, 5.41) is 5.93. The van der Waals surface area contributed by atoms with Gasteiger partial charge >= 0.3 is 0 Å². The molecule has 0 radical (unpaired) electrons. The smallest absolute Gasteiger partial charge is 0.264 e. The molecule has 4 aromatic carbocycles. The molecule has 206 valence electrons. The number of anilines is 3. The Labute approximate surface area is 238 Å². The van der Waals surface area contributed by atoms with E-state index in [-0.39, 0.29) is 24.0 Å². The molecule has 0 bridgehead atoms. The highest BCUT2D eigenvalue weighted by molar-refractivity contribution is 7.92. The van der Waals surface area contributed by atoms with E-state index in [1.54, 1.807) is 97.1 Å². The molecule has 2 amide bonds. The zero-order valence-corrected chi connectivity index (χ0v) is 23.5. The Morgan fingerprint density at radius 3 is 2.10 bits per heavy atom. The van der Waals surface area contributed by atoms with Crippen LogP contribution in [0.15, 0.2) is 102 Å². The van der Waals surface area contributed by atoms with Gasteiger partial charge in [-0.25, -0.2) is 8.42 Å². The van der Waals surface area contributed by atoms with Crippen molar-refractivity contribution in [1.82, 2.24) is 0 Å². The fraction of sp³-hybridized carbons (Fsp3) is 0.133. The van der Waals surface area contributed by atoms with Gasteiger partial charge in [0, 0.05) is 23.3 Å². The molecule has 0 saturated heterocycles. The van der Waals surface area contributed by atoms with Crippen LogP contribution in [0.4, 0.5) is 17.1 Å². The van der Waals surface area contributed by atoms with E-state index in [1.165, 1.54) is 11.2 Å². The molecule has 0 aromatic heterocycles. The zero-order valence-electron chi connectivity index (χ0n) is 21.9. The standard InChI is InChI=1S/C30H28ClN3O5S/c1-21-6-16-29(17-7-21)40(37,38)34(19-23-8-10-24(31)11-9-23)27-12-14-28(15-13-27)39-20-30(36)33-26-5-3-4-25(18-26)32-22(2)35/h3-18H,19-20H2,1-2H3,(H,32,35)(H,33,36). The number of nitrogens with one attached hydrogen (secondary N) is 2. The molecule has 40 heavy (non-hydrogen) atoms. The topological polar surface area (TPSA) is 105 Å². The first-order valence-corrected chi connectivity index (χ1v) is 14.2. The number of carbonyl (C=O) groups excluding carboxylic acids is 2. The Morgan fingerprint density at radius 2 is 1.48 bits per heavy atom. The molecular formula is C30H28ClN3O5S. The van der Waals surface area contributed by atoms with E-state index in [1.807, 2.05) is 6.92 Å². The first kappa shape index (κ1) is 28.7. The Hall–Kier alpha value is -4.34. The van der Waals surface area contributed by atoms with Crippen molar-refractivity contribution in [3.8, 4) is 5.75 Å². The average Bonchev–Trinajstić information content (AvgIpc) is 2.92. The number of aryl methyl sites for hydroxylation is 1. The van der Waals surface area contributed by atoms with E-state index in [0.29, 0.717) is 27.8 Å². The number of carbonyl (C=O) groups is 2. The minimum Gasteiger partial charge on any atom is -0.484 e. The summed E-state index contributed by atoms with van der Waals surface area (Å²) < 4.78 is 34.3. The molecule has 4 aromatic rings. The Kier molecular flexibility index (Phi) is 9.08. The summed E-state index contributed by atoms with van der Waals surface area (Å²) in [5.41, 5.74) is 3.22. The highest BCUT2D eigenvalue weighted by Gasteiger charge is 2.25. The van der Waals surface area contributed by atoms with Gasteiger partial charge < -0.3 is 15.4 Å². The summed E-state index contributed by atoms with van der Waals surface area (Å²) in [6.45, 7) is 3.12. The summed E-state index contributed by atoms with van der Waals surface area (Å²) in [5.74, 6) is -0.214. The van der Waals surface area contributed by atoms with Crippen LogP contribution in [-0.2, 0) is 26.2 Å². The third kappa shape index (κ3) is 7.62. The minimum absolute atomic E-state index is 0.0908. The fourth-order valence-electron chi connectivity index (χ4n) is 3.84. The lowest BCUT2D eigenvalue weighted by Crippen LogP contribution is -2.30. The lowest BCUT2D eigenvalue weighted by atomic mass is 10.2. The molecule has 0 unspecified atom stereocenters. The number of halogens is 1. The Morgan fingerprint density at radius 1 is 0.850 bits per heavy atom. The highest BCUT2D eigenvalue weighted by atomic mass is 35.5. The maximum absolute atomic E-state index is 13.7. The number of nitrogens with zero attached hydrogens (tertiary/aromatic N) is 1. The first-order chi connectivity index (χ1) is 19.1. The van der Waals surface area contributed by atoms with Crippen LogP contribution in [0, 0.1) is 6.92 Å². The Bertz CT molecular complexity index is 1590. The number of amides is 2. The van der Waals surface area contributed by atoms with Crippen LogP contribution >= 0.6 is 11.6 Å². The zero-order chi connectivity index (χ0) is 28.7. The van der Waals surface area contributed by atoms with Crippen molar-refractivity contribution in [1.29, 1.82) is 0 Å². The molecule has 0 heterocycles. The lowest BCUT2D eigenvalue weighted by molar-refractivity contribution is -0.118. The van der Waals surface area contributed by atoms with Crippen LogP contribution in [0.5, 0.6) is 5.75 Å². The van der Waals surface area contributed by atoms with Crippen LogP contribution in [0.3, 0.4) is 0 Å². The lowest BCUT2D eigenvalue weighted by Gasteiger charge is -2.25. The second-order valence-electron chi connectivity index (χ2n) is 9.04. The van der Waals surface area contributed by atoms with Crippen molar-refractivity contribution in [2.75, 3.05) is 21.5 Å². The molecule has 0 fully saturated rings. The van der Waals surface area contributed by atoms with Crippen molar-refractivity contribution >= 4 is 50.5 Å². The molecule has 4 rings (SSSR count). The van der Waals surface area contributed by atoms with Crippen LogP contribution in [0.25, 0.3) is 0 Å². The first-order valence-electron chi connectivity index (χ1n) is 12.3. The highest BCUT2D eigenvalue weighted by Crippen LogP contribution is 2.28. The quantitative estimate of drug-likeness (QED) is 0.240. The van der Waals surface area contributed by atoms with Gasteiger partial charge in [0.15, 0.2) is 6.61 Å². The fourth-order valence-corrected chi connectivity index (χ4v) is 5.42. The molecule has 10 heteroatoms. The van der Waals surface area contributed by atoms with E-state index in [4.69, 9.17) is 16.3 Å². The summed E-state index contributed by atoms with van der Waals surface area (Å²) in [7, 11) is -3.89. The SMILES string of the molecule is CC(=O)Nc1cccc(NC(=O)COc2ccc(N(Cc3ccc(Cl)cc3)S(=O)(=O)c3ccc(C)cc3)cc2)c1. The van der Waals surface area contributed by atoms with Crippen molar-refractivity contribution in [3.63, 3.8) is 0 Å². The molecule has 2 N–H and O–H groups in total. The van der Waals surface area contributed by atoms with Crippen molar-refractivity contribution in [3.05, 3.63) is 113 Å². The van der Waals surface area contributed by atoms with Crippen LogP contribution in [0.2, 0.25) is 5.02 Å². The monoisotopic (exact) mass is 577 g/mol. The van der Waals surface area contributed by atoms with Gasteiger partial charge in [-0.1, -0.05) is 47.5 Å². The average molecular weight is 578 g/mol. The molecule has 0 saturated carbocycles. The van der Waals surface area contributed by atoms with Gasteiger partial charge in [0.2, 0.25) is 5.91 Å². The second kappa shape index (κ2) is 12.7. The maximum atomic E-state index is 13.7. The molecule has 0 atom stereocenters. The van der Waals surface area contributed by atoms with Gasteiger partial charge in [0.05, 0.1) is 17.1 Å². The van der Waals surface area contributed by atoms with Gasteiger partial charge in [0.1, 0.15) is 5.75 Å². The predicted molar refractivity (Wildman–Crippen MR) is 157 cm³/mol. The predicted octanol–water partition coefficient (Wildman–Crippen LogP) is 6.02. The molecule has 0 aliphatic heterocycles. The van der Waals surface area contributed by atoms with Gasteiger partial charge in [-0.05, 0) is 79.2 Å². The second-order valence-corrected chi connectivity index (χ2v) is 11.3. The normalized spacial score (nSPS) is 11.0. The summed E-state index contributed by atoms with van der Waals surface area (Å²) in [6.07, 6.45) is 0.